The van der Waals surface area contributed by atoms with Crippen LogP contribution in [0.25, 0.3) is 0 Å². The number of guanidine groups is 1. The van der Waals surface area contributed by atoms with Crippen molar-refractivity contribution in [3.8, 4) is 0 Å². The molecule has 3 rings (SSSR count). The van der Waals surface area contributed by atoms with Gasteiger partial charge in [0.05, 0.1) is 13.2 Å². The summed E-state index contributed by atoms with van der Waals surface area (Å²) in [5.41, 5.74) is 1.84. The molecule has 0 aromatic heterocycles. The van der Waals surface area contributed by atoms with Crippen LogP contribution >= 0.6 is 24.0 Å². The number of ether oxygens (including phenoxy) is 1. The number of amides is 1. The minimum atomic E-state index is 0. The number of rotatable bonds is 6. The quantitative estimate of drug-likeness (QED) is 0.360. The van der Waals surface area contributed by atoms with E-state index < -0.39 is 0 Å². The molecule has 162 valence electrons. The first-order valence-electron chi connectivity index (χ1n) is 10.6. The maximum absolute atomic E-state index is 12.8. The van der Waals surface area contributed by atoms with E-state index in [0.717, 1.165) is 75.7 Å². The van der Waals surface area contributed by atoms with E-state index in [1.807, 2.05) is 29.2 Å². The van der Waals surface area contributed by atoms with Crippen LogP contribution < -0.4 is 5.32 Å². The smallest absolute Gasteiger partial charge is 0.253 e. The van der Waals surface area contributed by atoms with Crippen LogP contribution in [0.3, 0.4) is 0 Å². The molecule has 1 unspecified atom stereocenters. The van der Waals surface area contributed by atoms with Crippen LogP contribution in [0.1, 0.15) is 48.5 Å². The molecule has 6 nitrogen and oxygen atoms in total. The summed E-state index contributed by atoms with van der Waals surface area (Å²) in [6.45, 7) is 7.88. The topological polar surface area (TPSA) is 57.2 Å². The van der Waals surface area contributed by atoms with Gasteiger partial charge in [0.15, 0.2) is 5.96 Å². The fourth-order valence-electron chi connectivity index (χ4n) is 3.92. The van der Waals surface area contributed by atoms with Gasteiger partial charge >= 0.3 is 0 Å². The van der Waals surface area contributed by atoms with Crippen molar-refractivity contribution in [2.75, 3.05) is 46.4 Å². The standard InChI is InChI=1S/C22H34N4O2.HI/c1-3-23-22(25(2)16-19-10-13-28-17-19)24-15-18-8-7-9-20(14-18)21(27)26-11-5-4-6-12-26;/h7-9,14,19H,3-6,10-13,15-17H2,1-2H3,(H,23,24);1H. The van der Waals surface area contributed by atoms with E-state index in [2.05, 4.69) is 24.2 Å². The van der Waals surface area contributed by atoms with Gasteiger partial charge in [-0.2, -0.15) is 0 Å². The normalized spacial score (nSPS) is 19.6. The molecule has 2 aliphatic rings. The van der Waals surface area contributed by atoms with Crippen LogP contribution in [0, 0.1) is 5.92 Å². The number of halogens is 1. The van der Waals surface area contributed by atoms with Gasteiger partial charge in [0.1, 0.15) is 0 Å². The van der Waals surface area contributed by atoms with Gasteiger partial charge in [-0.15, -0.1) is 24.0 Å². The lowest BCUT2D eigenvalue weighted by molar-refractivity contribution is 0.0724. The molecule has 1 aromatic rings. The van der Waals surface area contributed by atoms with Crippen LogP contribution in [0.15, 0.2) is 29.3 Å². The predicted molar refractivity (Wildman–Crippen MR) is 128 cm³/mol. The number of hydrogen-bond acceptors (Lipinski definition) is 3. The van der Waals surface area contributed by atoms with Crippen molar-refractivity contribution in [2.45, 2.75) is 39.2 Å². The lowest BCUT2D eigenvalue weighted by Crippen LogP contribution is -2.41. The van der Waals surface area contributed by atoms with E-state index in [4.69, 9.17) is 9.73 Å². The lowest BCUT2D eigenvalue weighted by Gasteiger charge is -2.27. The Balaban J connectivity index is 0.00000300. The number of nitrogens with one attached hydrogen (secondary N) is 1. The minimum absolute atomic E-state index is 0. The number of nitrogens with zero attached hydrogens (tertiary/aromatic N) is 3. The predicted octanol–water partition coefficient (Wildman–Crippen LogP) is 3.36. The molecular weight excluding hydrogens is 479 g/mol. The lowest BCUT2D eigenvalue weighted by atomic mass is 10.1. The highest BCUT2D eigenvalue weighted by Gasteiger charge is 2.20. The van der Waals surface area contributed by atoms with E-state index in [-0.39, 0.29) is 29.9 Å². The highest BCUT2D eigenvalue weighted by Crippen LogP contribution is 2.16. The average molecular weight is 514 g/mol. The van der Waals surface area contributed by atoms with Gasteiger partial charge in [-0.25, -0.2) is 4.99 Å². The van der Waals surface area contributed by atoms with Gasteiger partial charge < -0.3 is 19.9 Å². The van der Waals surface area contributed by atoms with Crippen LogP contribution in [-0.2, 0) is 11.3 Å². The number of carbonyl (C=O) groups is 1. The maximum Gasteiger partial charge on any atom is 0.253 e. The average Bonchev–Trinajstić information content (AvgIpc) is 3.24. The van der Waals surface area contributed by atoms with Gasteiger partial charge in [0, 0.05) is 51.3 Å². The molecule has 2 heterocycles. The number of likely N-dealkylation sites (tertiary alicyclic amines) is 1. The van der Waals surface area contributed by atoms with Crippen LogP contribution in [-0.4, -0.2) is 68.1 Å². The monoisotopic (exact) mass is 514 g/mol. The van der Waals surface area contributed by atoms with E-state index >= 15 is 0 Å². The Morgan fingerprint density at radius 2 is 2.10 bits per heavy atom. The summed E-state index contributed by atoms with van der Waals surface area (Å²) in [6, 6.07) is 7.93. The van der Waals surface area contributed by atoms with E-state index in [0.29, 0.717) is 12.5 Å². The second-order valence-electron chi connectivity index (χ2n) is 7.83. The van der Waals surface area contributed by atoms with Crippen molar-refractivity contribution in [2.24, 2.45) is 10.9 Å². The largest absolute Gasteiger partial charge is 0.381 e. The maximum atomic E-state index is 12.8. The Bertz CT molecular complexity index is 671. The molecule has 0 aliphatic carbocycles. The first-order chi connectivity index (χ1) is 13.7. The SMILES string of the molecule is CCNC(=NCc1cccc(C(=O)N2CCCCC2)c1)N(C)CC1CCOC1.I. The van der Waals surface area contributed by atoms with Crippen molar-refractivity contribution in [3.05, 3.63) is 35.4 Å². The summed E-state index contributed by atoms with van der Waals surface area (Å²) in [5, 5.41) is 3.38. The zero-order valence-electron chi connectivity index (χ0n) is 17.7. The first kappa shape index (κ1) is 23.9. The van der Waals surface area contributed by atoms with Crippen LogP contribution in [0.2, 0.25) is 0 Å². The molecule has 2 aliphatic heterocycles. The zero-order chi connectivity index (χ0) is 19.8. The number of piperidine rings is 1. The van der Waals surface area contributed by atoms with E-state index in [1.54, 1.807) is 0 Å². The highest BCUT2D eigenvalue weighted by molar-refractivity contribution is 14.0. The second-order valence-corrected chi connectivity index (χ2v) is 7.83. The highest BCUT2D eigenvalue weighted by atomic mass is 127. The molecule has 2 saturated heterocycles. The first-order valence-corrected chi connectivity index (χ1v) is 10.6. The summed E-state index contributed by atoms with van der Waals surface area (Å²) in [6.07, 6.45) is 4.57. The number of hydrogen-bond donors (Lipinski definition) is 1. The molecule has 1 N–H and O–H groups in total. The Kier molecular flexibility index (Phi) is 10.2. The van der Waals surface area contributed by atoms with E-state index in [9.17, 15) is 4.79 Å². The number of aliphatic imine (C=N–C) groups is 1. The molecule has 1 aromatic carbocycles. The third-order valence-corrected chi connectivity index (χ3v) is 5.48. The molecule has 29 heavy (non-hydrogen) atoms. The number of carbonyl (C=O) groups excluding carboxylic acids is 1. The fourth-order valence-corrected chi connectivity index (χ4v) is 3.92. The molecule has 2 fully saturated rings. The molecule has 0 radical (unpaired) electrons. The van der Waals surface area contributed by atoms with Crippen molar-refractivity contribution >= 4 is 35.8 Å². The minimum Gasteiger partial charge on any atom is -0.381 e. The van der Waals surface area contributed by atoms with Crippen molar-refractivity contribution in [1.82, 2.24) is 15.1 Å². The Morgan fingerprint density at radius 3 is 2.79 bits per heavy atom. The third kappa shape index (κ3) is 7.13. The molecule has 0 spiro atoms. The summed E-state index contributed by atoms with van der Waals surface area (Å²) in [4.78, 5) is 21.7. The Labute approximate surface area is 192 Å². The Morgan fingerprint density at radius 1 is 1.31 bits per heavy atom. The molecule has 1 amide bonds. The van der Waals surface area contributed by atoms with Gasteiger partial charge in [0.2, 0.25) is 0 Å². The van der Waals surface area contributed by atoms with Crippen LogP contribution in [0.5, 0.6) is 0 Å². The summed E-state index contributed by atoms with van der Waals surface area (Å²) in [7, 11) is 2.08. The van der Waals surface area contributed by atoms with Gasteiger partial charge in [0.25, 0.3) is 5.91 Å². The van der Waals surface area contributed by atoms with Crippen molar-refractivity contribution in [1.29, 1.82) is 0 Å². The summed E-state index contributed by atoms with van der Waals surface area (Å²) < 4.78 is 5.49. The Hall–Kier alpha value is -1.35. The zero-order valence-corrected chi connectivity index (χ0v) is 20.1. The summed E-state index contributed by atoms with van der Waals surface area (Å²) in [5.74, 6) is 1.62. The third-order valence-electron chi connectivity index (χ3n) is 5.48. The molecule has 0 saturated carbocycles. The van der Waals surface area contributed by atoms with Gasteiger partial charge in [-0.05, 0) is 50.3 Å². The summed E-state index contributed by atoms with van der Waals surface area (Å²) >= 11 is 0. The molecule has 0 bridgehead atoms. The van der Waals surface area contributed by atoms with Crippen molar-refractivity contribution < 1.29 is 9.53 Å². The van der Waals surface area contributed by atoms with Crippen LogP contribution in [0.4, 0.5) is 0 Å². The second kappa shape index (κ2) is 12.4. The number of benzene rings is 1. The van der Waals surface area contributed by atoms with E-state index in [1.165, 1.54) is 6.42 Å². The fraction of sp³-hybridized carbons (Fsp3) is 0.636. The molecular formula is C22H35IN4O2. The molecule has 1 atom stereocenters. The molecule has 7 heteroatoms. The van der Waals surface area contributed by atoms with Gasteiger partial charge in [-0.1, -0.05) is 12.1 Å². The van der Waals surface area contributed by atoms with Gasteiger partial charge in [-0.3, -0.25) is 4.79 Å². The van der Waals surface area contributed by atoms with Crippen molar-refractivity contribution in [3.63, 3.8) is 0 Å².